The van der Waals surface area contributed by atoms with Crippen LogP contribution in [0.4, 0.5) is 17.1 Å². The lowest BCUT2D eigenvalue weighted by atomic mass is 9.75. The van der Waals surface area contributed by atoms with Crippen molar-refractivity contribution in [1.82, 2.24) is 0 Å². The predicted molar refractivity (Wildman–Crippen MR) is 228 cm³/mol. The molecule has 1 aliphatic heterocycles. The fourth-order valence-corrected chi connectivity index (χ4v) is 8.95. The molecule has 10 rings (SSSR count). The Morgan fingerprint density at radius 3 is 1.47 bits per heavy atom. The number of hydrogen-bond donors (Lipinski definition) is 0. The molecule has 55 heavy (non-hydrogen) atoms. The van der Waals surface area contributed by atoms with Gasteiger partial charge in [-0.25, -0.2) is 0 Å². The molecule has 1 heterocycles. The summed E-state index contributed by atoms with van der Waals surface area (Å²) in [6.45, 7) is 4.76. The Morgan fingerprint density at radius 2 is 0.855 bits per heavy atom. The van der Waals surface area contributed by atoms with Crippen LogP contribution < -0.4 is 9.64 Å². The standard InChI is InChI=1S/C53H41NO/c1-53(2)49-35-43(27-32-47(49)52-51(53)48-21-9-10-22-50(48)55-52)41-18-11-17-40(33-41)42-19-12-20-46(34-42)54(44-28-23-38(24-29-44)36-13-5-3-6-14-36)45-30-25-39(26-31-45)37-15-7-4-8-16-37/h3-35,51-52H,1-2H3. The van der Waals surface area contributed by atoms with E-state index < -0.39 is 0 Å². The number of ether oxygens (including phenoxy) is 1. The molecule has 0 aromatic heterocycles. The van der Waals surface area contributed by atoms with Crippen molar-refractivity contribution in [3.63, 3.8) is 0 Å². The average Bonchev–Trinajstić information content (AvgIpc) is 3.75. The van der Waals surface area contributed by atoms with Crippen molar-refractivity contribution in [2.75, 3.05) is 4.90 Å². The molecule has 0 radical (unpaired) electrons. The molecule has 0 saturated heterocycles. The van der Waals surface area contributed by atoms with Gasteiger partial charge in [-0.1, -0.05) is 166 Å². The third-order valence-electron chi connectivity index (χ3n) is 11.7. The molecule has 2 atom stereocenters. The minimum atomic E-state index is -0.0450. The summed E-state index contributed by atoms with van der Waals surface area (Å²) in [5, 5.41) is 0. The molecule has 8 aromatic carbocycles. The van der Waals surface area contributed by atoms with E-state index in [0.717, 1.165) is 22.8 Å². The van der Waals surface area contributed by atoms with Crippen LogP contribution in [-0.2, 0) is 5.41 Å². The van der Waals surface area contributed by atoms with Crippen molar-refractivity contribution in [2.24, 2.45) is 0 Å². The second-order valence-corrected chi connectivity index (χ2v) is 15.4. The number of anilines is 3. The lowest BCUT2D eigenvalue weighted by Gasteiger charge is -2.27. The highest BCUT2D eigenvalue weighted by Crippen LogP contribution is 2.61. The van der Waals surface area contributed by atoms with E-state index in [-0.39, 0.29) is 11.5 Å². The zero-order valence-electron chi connectivity index (χ0n) is 31.1. The summed E-state index contributed by atoms with van der Waals surface area (Å²) in [6, 6.07) is 72.4. The fraction of sp³-hybridized carbons (Fsp3) is 0.0943. The van der Waals surface area contributed by atoms with Gasteiger partial charge in [0.1, 0.15) is 11.9 Å². The third-order valence-corrected chi connectivity index (χ3v) is 11.7. The van der Waals surface area contributed by atoms with Gasteiger partial charge >= 0.3 is 0 Å². The molecule has 2 unspecified atom stereocenters. The molecule has 0 spiro atoms. The lowest BCUT2D eigenvalue weighted by molar-refractivity contribution is 0.198. The molecule has 0 N–H and O–H groups in total. The minimum Gasteiger partial charge on any atom is -0.485 e. The van der Waals surface area contributed by atoms with E-state index in [9.17, 15) is 0 Å². The highest BCUT2D eigenvalue weighted by molar-refractivity contribution is 5.83. The van der Waals surface area contributed by atoms with Crippen LogP contribution in [0.3, 0.4) is 0 Å². The minimum absolute atomic E-state index is 0.0450. The first kappa shape index (κ1) is 33.0. The Bertz CT molecular complexity index is 2560. The van der Waals surface area contributed by atoms with Gasteiger partial charge in [-0.15, -0.1) is 0 Å². The molecule has 2 aliphatic rings. The second kappa shape index (κ2) is 13.3. The van der Waals surface area contributed by atoms with Crippen LogP contribution >= 0.6 is 0 Å². The molecule has 0 fully saturated rings. The molecular weight excluding hydrogens is 667 g/mol. The van der Waals surface area contributed by atoms with E-state index in [1.54, 1.807) is 0 Å². The molecule has 2 nitrogen and oxygen atoms in total. The molecule has 1 aliphatic carbocycles. The van der Waals surface area contributed by atoms with Gasteiger partial charge in [0.25, 0.3) is 0 Å². The topological polar surface area (TPSA) is 12.5 Å². The molecular formula is C53H41NO. The number of nitrogens with zero attached hydrogens (tertiary/aromatic N) is 1. The van der Waals surface area contributed by atoms with E-state index >= 15 is 0 Å². The van der Waals surface area contributed by atoms with Crippen LogP contribution in [0, 0.1) is 0 Å². The maximum Gasteiger partial charge on any atom is 0.132 e. The summed E-state index contributed by atoms with van der Waals surface area (Å²) >= 11 is 0. The first-order valence-electron chi connectivity index (χ1n) is 19.2. The van der Waals surface area contributed by atoms with Crippen molar-refractivity contribution in [3.8, 4) is 50.3 Å². The van der Waals surface area contributed by atoms with Gasteiger partial charge in [0, 0.05) is 34.0 Å². The Kier molecular flexibility index (Phi) is 7.99. The van der Waals surface area contributed by atoms with Crippen LogP contribution in [0.2, 0.25) is 0 Å². The van der Waals surface area contributed by atoms with Crippen LogP contribution in [0.1, 0.15) is 42.6 Å². The summed E-state index contributed by atoms with van der Waals surface area (Å²) in [4.78, 5) is 2.36. The molecule has 264 valence electrons. The van der Waals surface area contributed by atoms with Gasteiger partial charge in [-0.05, 0) is 104 Å². The maximum atomic E-state index is 6.56. The Labute approximate surface area is 324 Å². The highest BCUT2D eigenvalue weighted by atomic mass is 16.5. The Morgan fingerprint density at radius 1 is 0.382 bits per heavy atom. The fourth-order valence-electron chi connectivity index (χ4n) is 8.95. The van der Waals surface area contributed by atoms with Crippen molar-refractivity contribution >= 4 is 17.1 Å². The third kappa shape index (κ3) is 5.82. The number of para-hydroxylation sites is 1. The molecule has 0 saturated carbocycles. The maximum absolute atomic E-state index is 6.56. The van der Waals surface area contributed by atoms with Gasteiger partial charge in [-0.3, -0.25) is 0 Å². The van der Waals surface area contributed by atoms with Gasteiger partial charge in [-0.2, -0.15) is 0 Å². The molecule has 0 bridgehead atoms. The van der Waals surface area contributed by atoms with Crippen LogP contribution in [0.5, 0.6) is 5.75 Å². The van der Waals surface area contributed by atoms with Crippen molar-refractivity contribution in [1.29, 1.82) is 0 Å². The number of fused-ring (bicyclic) bond motifs is 5. The normalized spacial score (nSPS) is 16.1. The SMILES string of the molecule is CC1(C)c2cc(-c3cccc(-c4cccc(N(c5ccc(-c6ccccc6)cc5)c5ccc(-c6ccccc6)cc5)c4)c3)ccc2C2Oc3ccccc3C21. The van der Waals surface area contributed by atoms with E-state index in [1.165, 1.54) is 61.2 Å². The van der Waals surface area contributed by atoms with Crippen LogP contribution in [-0.4, -0.2) is 0 Å². The summed E-state index contributed by atoms with van der Waals surface area (Å²) in [6.07, 6.45) is 0.0672. The Hall–Kier alpha value is -6.64. The summed E-state index contributed by atoms with van der Waals surface area (Å²) in [5.74, 6) is 1.34. The largest absolute Gasteiger partial charge is 0.485 e. The monoisotopic (exact) mass is 707 g/mol. The highest BCUT2D eigenvalue weighted by Gasteiger charge is 2.52. The number of rotatable bonds is 7. The summed E-state index contributed by atoms with van der Waals surface area (Å²) in [5.41, 5.74) is 16.9. The van der Waals surface area contributed by atoms with Crippen molar-refractivity contribution < 1.29 is 4.74 Å². The zero-order valence-corrected chi connectivity index (χ0v) is 31.1. The number of hydrogen-bond acceptors (Lipinski definition) is 2. The van der Waals surface area contributed by atoms with Gasteiger partial charge < -0.3 is 9.64 Å². The summed E-state index contributed by atoms with van der Waals surface area (Å²) < 4.78 is 6.56. The summed E-state index contributed by atoms with van der Waals surface area (Å²) in [7, 11) is 0. The van der Waals surface area contributed by atoms with Gasteiger partial charge in [0.2, 0.25) is 0 Å². The van der Waals surface area contributed by atoms with Crippen LogP contribution in [0.25, 0.3) is 44.5 Å². The van der Waals surface area contributed by atoms with E-state index in [1.807, 2.05) is 0 Å². The molecule has 2 heteroatoms. The van der Waals surface area contributed by atoms with Gasteiger partial charge in [0.15, 0.2) is 0 Å². The predicted octanol–water partition coefficient (Wildman–Crippen LogP) is 14.3. The second-order valence-electron chi connectivity index (χ2n) is 15.4. The average molecular weight is 708 g/mol. The van der Waals surface area contributed by atoms with Crippen molar-refractivity contribution in [2.45, 2.75) is 31.3 Å². The van der Waals surface area contributed by atoms with E-state index in [0.29, 0.717) is 5.92 Å². The van der Waals surface area contributed by atoms with Crippen molar-refractivity contribution in [3.05, 3.63) is 217 Å². The first-order valence-corrected chi connectivity index (χ1v) is 19.2. The smallest absolute Gasteiger partial charge is 0.132 e. The van der Waals surface area contributed by atoms with E-state index in [2.05, 4.69) is 219 Å². The zero-order chi connectivity index (χ0) is 36.9. The Balaban J connectivity index is 1.00. The molecule has 8 aromatic rings. The number of benzene rings is 8. The first-order chi connectivity index (χ1) is 27.0. The lowest BCUT2D eigenvalue weighted by Crippen LogP contribution is -2.22. The molecule has 0 amide bonds. The quantitative estimate of drug-likeness (QED) is 0.163. The van der Waals surface area contributed by atoms with Crippen LogP contribution in [0.15, 0.2) is 200 Å². The van der Waals surface area contributed by atoms with E-state index in [4.69, 9.17) is 4.74 Å². The van der Waals surface area contributed by atoms with Gasteiger partial charge in [0.05, 0.1) is 0 Å².